The van der Waals surface area contributed by atoms with Gasteiger partial charge in [0.2, 0.25) is 0 Å². The van der Waals surface area contributed by atoms with Crippen LogP contribution in [0.1, 0.15) is 17.8 Å². The molecule has 4 rings (SSSR count). The van der Waals surface area contributed by atoms with Crippen molar-refractivity contribution in [3.63, 3.8) is 0 Å². The quantitative estimate of drug-likeness (QED) is 0.874. The SMILES string of the molecule is COCCN1C(=O)C2(CCN(Cc3nccs3)CC2)Nc2ccccc21. The molecule has 2 aliphatic heterocycles. The molecular weight excluding hydrogens is 348 g/mol. The number of methoxy groups -OCH3 is 1. The van der Waals surface area contributed by atoms with Crippen LogP contribution in [0.25, 0.3) is 0 Å². The molecule has 1 amide bonds. The molecule has 0 saturated carbocycles. The third kappa shape index (κ3) is 3.22. The Bertz CT molecular complexity index is 757. The van der Waals surface area contributed by atoms with Gasteiger partial charge in [-0.2, -0.15) is 0 Å². The van der Waals surface area contributed by atoms with Crippen LogP contribution in [0.5, 0.6) is 0 Å². The minimum Gasteiger partial charge on any atom is -0.383 e. The largest absolute Gasteiger partial charge is 0.383 e. The number of nitrogens with zero attached hydrogens (tertiary/aromatic N) is 3. The lowest BCUT2D eigenvalue weighted by atomic mass is 9.83. The first-order chi connectivity index (χ1) is 12.7. The molecule has 1 spiro atoms. The summed E-state index contributed by atoms with van der Waals surface area (Å²) in [6.45, 7) is 3.76. The van der Waals surface area contributed by atoms with E-state index in [1.54, 1.807) is 18.4 Å². The molecule has 1 aromatic carbocycles. The lowest BCUT2D eigenvalue weighted by molar-refractivity contribution is -0.125. The number of aromatic nitrogens is 1. The molecule has 26 heavy (non-hydrogen) atoms. The predicted molar refractivity (Wildman–Crippen MR) is 104 cm³/mol. The Labute approximate surface area is 157 Å². The summed E-state index contributed by atoms with van der Waals surface area (Å²) in [4.78, 5) is 22.0. The maximum absolute atomic E-state index is 13.4. The van der Waals surface area contributed by atoms with Crippen LogP contribution < -0.4 is 10.2 Å². The van der Waals surface area contributed by atoms with E-state index in [-0.39, 0.29) is 5.91 Å². The molecular formula is C19H24N4O2S. The third-order valence-corrected chi connectivity index (χ3v) is 6.06. The van der Waals surface area contributed by atoms with Crippen molar-refractivity contribution in [2.24, 2.45) is 0 Å². The second-order valence-corrected chi connectivity index (χ2v) is 7.85. The van der Waals surface area contributed by atoms with Gasteiger partial charge >= 0.3 is 0 Å². The Balaban J connectivity index is 1.52. The zero-order valence-electron chi connectivity index (χ0n) is 15.0. The normalized spacial score (nSPS) is 19.4. The van der Waals surface area contributed by atoms with Crippen LogP contribution in [0.3, 0.4) is 0 Å². The van der Waals surface area contributed by atoms with Crippen molar-refractivity contribution >= 4 is 28.6 Å². The molecule has 7 heteroatoms. The highest BCUT2D eigenvalue weighted by Crippen LogP contribution is 2.39. The number of nitrogens with one attached hydrogen (secondary N) is 1. The van der Waals surface area contributed by atoms with Gasteiger partial charge in [0.05, 0.1) is 24.5 Å². The van der Waals surface area contributed by atoms with Crippen molar-refractivity contribution in [3.05, 3.63) is 40.8 Å². The van der Waals surface area contributed by atoms with Crippen LogP contribution in [-0.2, 0) is 16.1 Å². The van der Waals surface area contributed by atoms with E-state index in [0.29, 0.717) is 13.2 Å². The highest BCUT2D eigenvalue weighted by molar-refractivity contribution is 7.09. The number of carbonyl (C=O) groups excluding carboxylic acids is 1. The molecule has 1 saturated heterocycles. The Hall–Kier alpha value is -1.96. The minimum absolute atomic E-state index is 0.169. The summed E-state index contributed by atoms with van der Waals surface area (Å²) < 4.78 is 5.23. The number of likely N-dealkylation sites (tertiary alicyclic amines) is 1. The number of anilines is 2. The molecule has 0 atom stereocenters. The van der Waals surface area contributed by atoms with E-state index in [4.69, 9.17) is 4.74 Å². The van der Waals surface area contributed by atoms with Crippen molar-refractivity contribution in [1.29, 1.82) is 0 Å². The Morgan fingerprint density at radius 3 is 2.85 bits per heavy atom. The van der Waals surface area contributed by atoms with E-state index < -0.39 is 5.54 Å². The second kappa shape index (κ2) is 7.34. The van der Waals surface area contributed by atoms with Crippen LogP contribution in [0.4, 0.5) is 11.4 Å². The number of hydrogen-bond donors (Lipinski definition) is 1. The first-order valence-electron chi connectivity index (χ1n) is 9.01. The summed E-state index contributed by atoms with van der Waals surface area (Å²) in [5.74, 6) is 0.169. The van der Waals surface area contributed by atoms with Crippen molar-refractivity contribution in [1.82, 2.24) is 9.88 Å². The second-order valence-electron chi connectivity index (χ2n) is 6.88. The number of carbonyl (C=O) groups is 1. The van der Waals surface area contributed by atoms with Crippen molar-refractivity contribution in [2.45, 2.75) is 24.9 Å². The molecule has 0 aliphatic carbocycles. The number of benzene rings is 1. The number of hydrogen-bond acceptors (Lipinski definition) is 6. The van der Waals surface area contributed by atoms with Crippen molar-refractivity contribution < 1.29 is 9.53 Å². The van der Waals surface area contributed by atoms with Crippen LogP contribution >= 0.6 is 11.3 Å². The number of rotatable bonds is 5. The van der Waals surface area contributed by atoms with Crippen LogP contribution in [0.15, 0.2) is 35.8 Å². The summed E-state index contributed by atoms with van der Waals surface area (Å²) in [7, 11) is 1.67. The first kappa shape index (κ1) is 17.5. The minimum atomic E-state index is -0.512. The van der Waals surface area contributed by atoms with Crippen LogP contribution in [0.2, 0.25) is 0 Å². The highest BCUT2D eigenvalue weighted by Gasteiger charge is 2.47. The predicted octanol–water partition coefficient (Wildman–Crippen LogP) is 2.58. The number of para-hydroxylation sites is 2. The van der Waals surface area contributed by atoms with Gasteiger partial charge in [-0.25, -0.2) is 4.98 Å². The molecule has 2 aromatic rings. The van der Waals surface area contributed by atoms with E-state index in [2.05, 4.69) is 21.3 Å². The van der Waals surface area contributed by atoms with Gasteiger partial charge in [0, 0.05) is 38.3 Å². The van der Waals surface area contributed by atoms with Gasteiger partial charge in [-0.1, -0.05) is 12.1 Å². The molecule has 138 valence electrons. The number of amides is 1. The molecule has 1 fully saturated rings. The summed E-state index contributed by atoms with van der Waals surface area (Å²) in [6.07, 6.45) is 3.45. The van der Waals surface area contributed by atoms with Gasteiger partial charge in [0.25, 0.3) is 5.91 Å². The standard InChI is InChI=1S/C19H24N4O2S/c1-25-12-11-23-16-5-3-2-4-15(16)21-19(18(23)24)6-9-22(10-7-19)14-17-20-8-13-26-17/h2-5,8,13,21H,6-7,9-12,14H2,1H3. The molecule has 1 N–H and O–H groups in total. The lowest BCUT2D eigenvalue weighted by Crippen LogP contribution is -2.62. The fourth-order valence-corrected chi connectivity index (χ4v) is 4.51. The zero-order valence-corrected chi connectivity index (χ0v) is 15.8. The van der Waals surface area contributed by atoms with Gasteiger partial charge < -0.3 is 15.0 Å². The number of fused-ring (bicyclic) bond motifs is 1. The van der Waals surface area contributed by atoms with Gasteiger partial charge in [-0.05, 0) is 25.0 Å². The first-order valence-corrected chi connectivity index (χ1v) is 9.89. The topological polar surface area (TPSA) is 57.7 Å². The van der Waals surface area contributed by atoms with Crippen molar-refractivity contribution in [3.8, 4) is 0 Å². The van der Waals surface area contributed by atoms with E-state index in [1.807, 2.05) is 34.7 Å². The molecule has 1 aromatic heterocycles. The Morgan fingerprint density at radius 1 is 1.31 bits per heavy atom. The zero-order chi connectivity index (χ0) is 18.0. The Kier molecular flexibility index (Phi) is 4.93. The van der Waals surface area contributed by atoms with E-state index >= 15 is 0 Å². The molecule has 0 bridgehead atoms. The van der Waals surface area contributed by atoms with E-state index in [9.17, 15) is 4.79 Å². The molecule has 0 radical (unpaired) electrons. The molecule has 3 heterocycles. The summed E-state index contributed by atoms with van der Waals surface area (Å²) >= 11 is 1.69. The molecule has 0 unspecified atom stereocenters. The van der Waals surface area contributed by atoms with Gasteiger partial charge in [-0.15, -0.1) is 11.3 Å². The fraction of sp³-hybridized carbons (Fsp3) is 0.474. The monoisotopic (exact) mass is 372 g/mol. The Morgan fingerprint density at radius 2 is 2.12 bits per heavy atom. The van der Waals surface area contributed by atoms with E-state index in [1.165, 1.54) is 0 Å². The van der Waals surface area contributed by atoms with E-state index in [0.717, 1.165) is 48.9 Å². The summed E-state index contributed by atoms with van der Waals surface area (Å²) in [5.41, 5.74) is 1.48. The van der Waals surface area contributed by atoms with Gasteiger partial charge in [0.1, 0.15) is 10.5 Å². The molecule has 6 nitrogen and oxygen atoms in total. The van der Waals surface area contributed by atoms with Gasteiger partial charge in [0.15, 0.2) is 0 Å². The van der Waals surface area contributed by atoms with Crippen LogP contribution in [0, 0.1) is 0 Å². The number of ether oxygens (including phenoxy) is 1. The maximum Gasteiger partial charge on any atom is 0.252 e. The summed E-state index contributed by atoms with van der Waals surface area (Å²) in [6, 6.07) is 8.05. The average molecular weight is 372 g/mol. The smallest absolute Gasteiger partial charge is 0.252 e. The van der Waals surface area contributed by atoms with Crippen molar-refractivity contribution in [2.75, 3.05) is 43.6 Å². The van der Waals surface area contributed by atoms with Crippen LogP contribution in [-0.4, -0.2) is 54.7 Å². The maximum atomic E-state index is 13.4. The number of piperidine rings is 1. The third-order valence-electron chi connectivity index (χ3n) is 5.29. The molecule has 2 aliphatic rings. The highest BCUT2D eigenvalue weighted by atomic mass is 32.1. The lowest BCUT2D eigenvalue weighted by Gasteiger charge is -2.47. The number of thiazole rings is 1. The fourth-order valence-electron chi connectivity index (χ4n) is 3.85. The van der Waals surface area contributed by atoms with Gasteiger partial charge in [-0.3, -0.25) is 9.69 Å². The summed E-state index contributed by atoms with van der Waals surface area (Å²) in [5, 5.41) is 6.72. The average Bonchev–Trinajstić information content (AvgIpc) is 3.17.